The Kier molecular flexibility index (Phi) is 5.43. The Hall–Kier alpha value is -0.880. The number of benzene rings is 1. The highest BCUT2D eigenvalue weighted by Crippen LogP contribution is 2.35. The monoisotopic (exact) mass is 318 g/mol. The third-order valence-corrected chi connectivity index (χ3v) is 4.97. The molecule has 1 atom stereocenters. The van der Waals surface area contributed by atoms with E-state index in [4.69, 9.17) is 0 Å². The first-order valence-corrected chi connectivity index (χ1v) is 8.30. The molecule has 0 saturated carbocycles. The number of anilines is 1. The summed E-state index contributed by atoms with van der Waals surface area (Å²) in [7, 11) is 1.88. The van der Waals surface area contributed by atoms with Crippen LogP contribution in [0, 0.1) is 0 Å². The first kappa shape index (κ1) is 16.5. The van der Waals surface area contributed by atoms with Crippen LogP contribution in [0.2, 0.25) is 0 Å². The van der Waals surface area contributed by atoms with Crippen molar-refractivity contribution in [3.63, 3.8) is 0 Å². The zero-order valence-corrected chi connectivity index (χ0v) is 13.2. The lowest BCUT2D eigenvalue weighted by molar-refractivity contribution is -0.138. The average Bonchev–Trinajstić information content (AvgIpc) is 2.97. The van der Waals surface area contributed by atoms with E-state index in [9.17, 15) is 13.2 Å². The van der Waals surface area contributed by atoms with Crippen LogP contribution in [0.4, 0.5) is 18.9 Å². The maximum atomic E-state index is 13.2. The number of rotatable bonds is 5. The number of hydrogen-bond acceptors (Lipinski definition) is 3. The van der Waals surface area contributed by atoms with E-state index >= 15 is 0 Å². The van der Waals surface area contributed by atoms with Gasteiger partial charge in [0, 0.05) is 31.1 Å². The molecule has 0 radical (unpaired) electrons. The largest absolute Gasteiger partial charge is 0.416 e. The molecule has 1 aliphatic rings. The van der Waals surface area contributed by atoms with Crippen molar-refractivity contribution >= 4 is 17.4 Å². The molecule has 21 heavy (non-hydrogen) atoms. The van der Waals surface area contributed by atoms with Gasteiger partial charge in [0.05, 0.1) is 5.56 Å². The average molecular weight is 318 g/mol. The van der Waals surface area contributed by atoms with Gasteiger partial charge in [-0.2, -0.15) is 24.9 Å². The van der Waals surface area contributed by atoms with Crippen LogP contribution in [0.25, 0.3) is 0 Å². The van der Waals surface area contributed by atoms with Crippen molar-refractivity contribution in [2.45, 2.75) is 32.1 Å². The molecule has 1 saturated heterocycles. The van der Waals surface area contributed by atoms with Gasteiger partial charge in [0.15, 0.2) is 0 Å². The molecule has 118 valence electrons. The second kappa shape index (κ2) is 6.92. The highest BCUT2D eigenvalue weighted by molar-refractivity contribution is 7.99. The molecule has 1 aromatic rings. The van der Waals surface area contributed by atoms with Crippen molar-refractivity contribution in [3.8, 4) is 0 Å². The number of nitrogens with one attached hydrogen (secondary N) is 1. The molecule has 1 heterocycles. The highest BCUT2D eigenvalue weighted by atomic mass is 32.2. The lowest BCUT2D eigenvalue weighted by Crippen LogP contribution is -2.31. The summed E-state index contributed by atoms with van der Waals surface area (Å²) in [5.74, 6) is 2.07. The van der Waals surface area contributed by atoms with Crippen LogP contribution in [0.1, 0.15) is 24.5 Å². The topological polar surface area (TPSA) is 15.3 Å². The molecular formula is C15H21F3N2S. The van der Waals surface area contributed by atoms with E-state index in [2.05, 4.69) is 5.32 Å². The molecule has 1 fully saturated rings. The third kappa shape index (κ3) is 4.07. The lowest BCUT2D eigenvalue weighted by Gasteiger charge is -2.27. The molecule has 6 heteroatoms. The van der Waals surface area contributed by atoms with E-state index < -0.39 is 11.7 Å². The van der Waals surface area contributed by atoms with E-state index in [0.29, 0.717) is 23.8 Å². The minimum atomic E-state index is -4.31. The Morgan fingerprint density at radius 1 is 1.38 bits per heavy atom. The molecule has 0 aromatic heterocycles. The zero-order chi connectivity index (χ0) is 15.5. The van der Waals surface area contributed by atoms with Gasteiger partial charge in [0.2, 0.25) is 0 Å². The first-order chi connectivity index (χ1) is 9.93. The zero-order valence-electron chi connectivity index (χ0n) is 12.3. The van der Waals surface area contributed by atoms with E-state index in [1.165, 1.54) is 6.07 Å². The van der Waals surface area contributed by atoms with Crippen LogP contribution >= 0.6 is 11.8 Å². The van der Waals surface area contributed by atoms with Crippen molar-refractivity contribution in [2.24, 2.45) is 0 Å². The van der Waals surface area contributed by atoms with Gasteiger partial charge in [-0.3, -0.25) is 0 Å². The number of halogens is 3. The third-order valence-electron chi connectivity index (χ3n) is 3.82. The fourth-order valence-corrected chi connectivity index (χ4v) is 3.77. The standard InChI is InChI=1S/C15H21F3N2S/c1-3-19-9-11-4-5-12(8-14(11)15(16,17)18)20(2)13-6-7-21-10-13/h4-5,8,13,19H,3,6-7,9-10H2,1-2H3. The fourth-order valence-electron chi connectivity index (χ4n) is 2.50. The molecule has 1 aliphatic heterocycles. The minimum absolute atomic E-state index is 0.245. The smallest absolute Gasteiger partial charge is 0.371 e. The van der Waals surface area contributed by atoms with E-state index in [-0.39, 0.29) is 6.54 Å². The lowest BCUT2D eigenvalue weighted by atomic mass is 10.0. The predicted octanol–water partition coefficient (Wildman–Crippen LogP) is 3.76. The van der Waals surface area contributed by atoms with E-state index in [1.54, 1.807) is 12.1 Å². The fraction of sp³-hybridized carbons (Fsp3) is 0.600. The number of alkyl halides is 3. The second-order valence-corrected chi connectivity index (χ2v) is 6.40. The van der Waals surface area contributed by atoms with Crippen molar-refractivity contribution in [1.29, 1.82) is 0 Å². The number of hydrogen-bond donors (Lipinski definition) is 1. The van der Waals surface area contributed by atoms with Gasteiger partial charge in [-0.15, -0.1) is 0 Å². The van der Waals surface area contributed by atoms with Gasteiger partial charge >= 0.3 is 6.18 Å². The molecule has 2 nitrogen and oxygen atoms in total. The van der Waals surface area contributed by atoms with E-state index in [0.717, 1.165) is 17.9 Å². The van der Waals surface area contributed by atoms with E-state index in [1.807, 2.05) is 30.6 Å². The summed E-state index contributed by atoms with van der Waals surface area (Å²) in [6.07, 6.45) is -3.28. The van der Waals surface area contributed by atoms with Gasteiger partial charge in [-0.25, -0.2) is 0 Å². The summed E-state index contributed by atoms with van der Waals surface area (Å²) in [5, 5.41) is 2.96. The maximum absolute atomic E-state index is 13.2. The summed E-state index contributed by atoms with van der Waals surface area (Å²) in [4.78, 5) is 1.98. The molecule has 1 aromatic carbocycles. The van der Waals surface area contributed by atoms with Crippen LogP contribution in [-0.4, -0.2) is 31.1 Å². The highest BCUT2D eigenvalue weighted by Gasteiger charge is 2.34. The van der Waals surface area contributed by atoms with Gasteiger partial charge in [-0.05, 0) is 36.4 Å². The molecule has 1 N–H and O–H groups in total. The Bertz CT molecular complexity index is 470. The molecular weight excluding hydrogens is 297 g/mol. The molecule has 0 spiro atoms. The van der Waals surface area contributed by atoms with Crippen LogP contribution in [0.3, 0.4) is 0 Å². The van der Waals surface area contributed by atoms with Crippen molar-refractivity contribution < 1.29 is 13.2 Å². The number of nitrogens with zero attached hydrogens (tertiary/aromatic N) is 1. The van der Waals surface area contributed by atoms with Gasteiger partial charge < -0.3 is 10.2 Å². The number of thioether (sulfide) groups is 1. The van der Waals surface area contributed by atoms with Crippen molar-refractivity contribution in [3.05, 3.63) is 29.3 Å². The molecule has 1 unspecified atom stereocenters. The van der Waals surface area contributed by atoms with Gasteiger partial charge in [0.1, 0.15) is 0 Å². The molecule has 2 rings (SSSR count). The SMILES string of the molecule is CCNCc1ccc(N(C)C2CCSC2)cc1C(F)(F)F. The Labute approximate surface area is 128 Å². The summed E-state index contributed by atoms with van der Waals surface area (Å²) in [5.41, 5.74) is 0.427. The summed E-state index contributed by atoms with van der Waals surface area (Å²) < 4.78 is 39.7. The Morgan fingerprint density at radius 2 is 2.14 bits per heavy atom. The van der Waals surface area contributed by atoms with Crippen molar-refractivity contribution in [1.82, 2.24) is 5.32 Å². The first-order valence-electron chi connectivity index (χ1n) is 7.15. The van der Waals surface area contributed by atoms with Crippen LogP contribution in [-0.2, 0) is 12.7 Å². The molecule has 0 bridgehead atoms. The normalized spacial score (nSPS) is 19.0. The summed E-state index contributed by atoms with van der Waals surface area (Å²) >= 11 is 1.86. The Morgan fingerprint density at radius 3 is 2.71 bits per heavy atom. The molecule has 0 amide bonds. The summed E-state index contributed by atoms with van der Waals surface area (Å²) in [6, 6.07) is 5.01. The van der Waals surface area contributed by atoms with Crippen molar-refractivity contribution in [2.75, 3.05) is 30.0 Å². The second-order valence-electron chi connectivity index (χ2n) is 5.25. The minimum Gasteiger partial charge on any atom is -0.371 e. The predicted molar refractivity (Wildman–Crippen MR) is 83.0 cm³/mol. The van der Waals surface area contributed by atoms with Gasteiger partial charge in [-0.1, -0.05) is 13.0 Å². The Balaban J connectivity index is 2.27. The van der Waals surface area contributed by atoms with Crippen LogP contribution in [0.5, 0.6) is 0 Å². The maximum Gasteiger partial charge on any atom is 0.416 e. The van der Waals surface area contributed by atoms with Gasteiger partial charge in [0.25, 0.3) is 0 Å². The molecule has 0 aliphatic carbocycles. The van der Waals surface area contributed by atoms with Crippen LogP contribution < -0.4 is 10.2 Å². The quantitative estimate of drug-likeness (QED) is 0.890. The summed E-state index contributed by atoms with van der Waals surface area (Å²) in [6.45, 7) is 2.78. The van der Waals surface area contributed by atoms with Crippen LogP contribution in [0.15, 0.2) is 18.2 Å².